The van der Waals surface area contributed by atoms with E-state index in [1.54, 1.807) is 6.92 Å². The van der Waals surface area contributed by atoms with Gasteiger partial charge in [-0.2, -0.15) is 0 Å². The van der Waals surface area contributed by atoms with Gasteiger partial charge in [-0.25, -0.2) is 0 Å². The molecule has 0 aromatic heterocycles. The van der Waals surface area contributed by atoms with Crippen LogP contribution in [0.25, 0.3) is 0 Å². The van der Waals surface area contributed by atoms with Crippen LogP contribution in [0.1, 0.15) is 55.5 Å². The molecule has 0 atom stereocenters. The maximum atomic E-state index is 14.0. The number of hydrogen-bond acceptors (Lipinski definition) is 5. The van der Waals surface area contributed by atoms with Crippen molar-refractivity contribution < 1.29 is 14.3 Å². The Hall–Kier alpha value is -3.06. The second-order valence-corrected chi connectivity index (χ2v) is 9.85. The molecule has 1 saturated heterocycles. The molecule has 194 valence electrons. The van der Waals surface area contributed by atoms with Crippen molar-refractivity contribution in [2.75, 3.05) is 62.7 Å². The molecule has 2 amide bonds. The number of ether oxygens (including phenoxy) is 1. The lowest BCUT2D eigenvalue weighted by atomic mass is 10.1. The van der Waals surface area contributed by atoms with Crippen LogP contribution in [0.2, 0.25) is 0 Å². The van der Waals surface area contributed by atoms with E-state index in [1.165, 1.54) is 6.42 Å². The summed E-state index contributed by atoms with van der Waals surface area (Å²) in [4.78, 5) is 34.8. The normalized spacial score (nSPS) is 17.8. The van der Waals surface area contributed by atoms with Gasteiger partial charge >= 0.3 is 0 Å². The second kappa shape index (κ2) is 12.3. The number of likely N-dealkylation sites (N-methyl/N-ethyl adjacent to an activating group) is 1. The van der Waals surface area contributed by atoms with Crippen LogP contribution in [0.5, 0.6) is 5.75 Å². The van der Waals surface area contributed by atoms with Gasteiger partial charge in [0.05, 0.1) is 12.3 Å². The highest BCUT2D eigenvalue weighted by atomic mass is 16.5. The van der Waals surface area contributed by atoms with Crippen molar-refractivity contribution in [1.29, 1.82) is 0 Å². The van der Waals surface area contributed by atoms with Gasteiger partial charge in [0, 0.05) is 57.4 Å². The van der Waals surface area contributed by atoms with Crippen molar-refractivity contribution >= 4 is 23.2 Å². The fourth-order valence-electron chi connectivity index (χ4n) is 5.21. The van der Waals surface area contributed by atoms with Gasteiger partial charge in [0.2, 0.25) is 5.91 Å². The van der Waals surface area contributed by atoms with E-state index < -0.39 is 0 Å². The monoisotopic (exact) mass is 492 g/mol. The number of benzene rings is 2. The Kier molecular flexibility index (Phi) is 8.86. The van der Waals surface area contributed by atoms with Crippen molar-refractivity contribution in [3.63, 3.8) is 0 Å². The number of fused-ring (bicyclic) bond motifs is 1. The third-order valence-corrected chi connectivity index (χ3v) is 7.19. The molecule has 0 N–H and O–H groups in total. The molecule has 0 spiro atoms. The van der Waals surface area contributed by atoms with Gasteiger partial charge < -0.3 is 24.3 Å². The number of anilines is 2. The molecule has 2 aliphatic rings. The van der Waals surface area contributed by atoms with Crippen LogP contribution in [0.15, 0.2) is 42.5 Å². The predicted molar refractivity (Wildman–Crippen MR) is 145 cm³/mol. The predicted octanol–water partition coefficient (Wildman–Crippen LogP) is 4.41. The van der Waals surface area contributed by atoms with Gasteiger partial charge in [0.1, 0.15) is 5.75 Å². The molecule has 2 aliphatic heterocycles. The summed E-state index contributed by atoms with van der Waals surface area (Å²) in [6.07, 6.45) is 4.45. The molecule has 2 aromatic carbocycles. The Morgan fingerprint density at radius 2 is 1.64 bits per heavy atom. The maximum Gasteiger partial charge on any atom is 0.254 e. The average Bonchev–Trinajstić information content (AvgIpc) is 2.92. The third-order valence-electron chi connectivity index (χ3n) is 7.19. The highest BCUT2D eigenvalue weighted by Crippen LogP contribution is 2.33. The Labute approximate surface area is 215 Å². The Balaban J connectivity index is 1.67. The summed E-state index contributed by atoms with van der Waals surface area (Å²) in [5.74, 6) is 0.878. The van der Waals surface area contributed by atoms with Crippen molar-refractivity contribution in [2.45, 2.75) is 46.1 Å². The Morgan fingerprint density at radius 3 is 2.39 bits per heavy atom. The largest absolute Gasteiger partial charge is 0.492 e. The van der Waals surface area contributed by atoms with Crippen LogP contribution in [-0.2, 0) is 11.3 Å². The zero-order valence-corrected chi connectivity index (χ0v) is 22.0. The van der Waals surface area contributed by atoms with Crippen LogP contribution in [0, 0.1) is 0 Å². The summed E-state index contributed by atoms with van der Waals surface area (Å²) in [5, 5.41) is 0. The second-order valence-electron chi connectivity index (χ2n) is 9.85. The molecule has 0 unspecified atom stereocenters. The van der Waals surface area contributed by atoms with E-state index in [4.69, 9.17) is 4.74 Å². The minimum Gasteiger partial charge on any atom is -0.492 e. The number of para-hydroxylation sites is 1. The topological polar surface area (TPSA) is 56.3 Å². The quantitative estimate of drug-likeness (QED) is 0.633. The first-order valence-electron chi connectivity index (χ1n) is 13.3. The average molecular weight is 493 g/mol. The number of rotatable bonds is 4. The highest BCUT2D eigenvalue weighted by Gasteiger charge is 2.24. The molecule has 1 fully saturated rings. The van der Waals surface area contributed by atoms with Crippen molar-refractivity contribution in [2.24, 2.45) is 0 Å². The standard InChI is InChI=1S/C29H40N4O3/c1-4-36-28-14-13-24(21-27(28)31-16-8-5-9-17-31)29(35)32-20-19-30(3)15-10-18-33(23(2)34)26-12-7-6-11-25(26)22-32/h6-7,11-14,21H,4-5,8-10,15-20,22H2,1-3H3. The van der Waals surface area contributed by atoms with Crippen molar-refractivity contribution in [3.05, 3.63) is 53.6 Å². The smallest absolute Gasteiger partial charge is 0.254 e. The van der Waals surface area contributed by atoms with Gasteiger partial charge in [0.25, 0.3) is 5.91 Å². The van der Waals surface area contributed by atoms with E-state index >= 15 is 0 Å². The number of carbonyl (C=O) groups excluding carboxylic acids is 2. The summed E-state index contributed by atoms with van der Waals surface area (Å²) >= 11 is 0. The number of hydrogen-bond donors (Lipinski definition) is 0. The van der Waals surface area contributed by atoms with Crippen molar-refractivity contribution in [1.82, 2.24) is 9.80 Å². The first kappa shape index (κ1) is 26.0. The molecular formula is C29H40N4O3. The zero-order chi connectivity index (χ0) is 25.5. The fourth-order valence-corrected chi connectivity index (χ4v) is 5.21. The SMILES string of the molecule is CCOc1ccc(C(=O)N2CCN(C)CCCN(C(C)=O)c3ccccc3C2)cc1N1CCCCC1. The highest BCUT2D eigenvalue weighted by molar-refractivity contribution is 5.96. The summed E-state index contributed by atoms with van der Waals surface area (Å²) in [7, 11) is 2.08. The van der Waals surface area contributed by atoms with E-state index in [9.17, 15) is 9.59 Å². The van der Waals surface area contributed by atoms with Crippen LogP contribution < -0.4 is 14.5 Å². The van der Waals surface area contributed by atoms with E-state index in [1.807, 2.05) is 59.2 Å². The number of piperidine rings is 1. The molecule has 0 saturated carbocycles. The number of carbonyl (C=O) groups is 2. The summed E-state index contributed by atoms with van der Waals surface area (Å²) in [5.41, 5.74) is 3.58. The summed E-state index contributed by atoms with van der Waals surface area (Å²) in [6.45, 7) is 9.57. The van der Waals surface area contributed by atoms with Gasteiger partial charge in [-0.1, -0.05) is 18.2 Å². The molecule has 4 rings (SSSR count). The molecule has 7 heteroatoms. The number of nitrogens with zero attached hydrogens (tertiary/aromatic N) is 4. The molecular weight excluding hydrogens is 452 g/mol. The molecule has 0 bridgehead atoms. The molecule has 7 nitrogen and oxygen atoms in total. The lowest BCUT2D eigenvalue weighted by molar-refractivity contribution is -0.116. The summed E-state index contributed by atoms with van der Waals surface area (Å²) < 4.78 is 5.94. The minimum absolute atomic E-state index is 0.00753. The van der Waals surface area contributed by atoms with Crippen LogP contribution in [0.3, 0.4) is 0 Å². The maximum absolute atomic E-state index is 14.0. The zero-order valence-electron chi connectivity index (χ0n) is 22.0. The third kappa shape index (κ3) is 6.19. The van der Waals surface area contributed by atoms with Gasteiger partial charge in [-0.3, -0.25) is 9.59 Å². The minimum atomic E-state index is 0.00753. The Morgan fingerprint density at radius 1 is 0.861 bits per heavy atom. The lowest BCUT2D eigenvalue weighted by Gasteiger charge is -2.31. The van der Waals surface area contributed by atoms with E-state index in [-0.39, 0.29) is 11.8 Å². The van der Waals surface area contributed by atoms with Crippen molar-refractivity contribution in [3.8, 4) is 5.75 Å². The van der Waals surface area contributed by atoms with E-state index in [0.717, 1.165) is 68.1 Å². The Bertz CT molecular complexity index is 1050. The van der Waals surface area contributed by atoms with Crippen LogP contribution in [-0.4, -0.2) is 74.5 Å². The van der Waals surface area contributed by atoms with Gasteiger partial charge in [-0.05, 0) is 76.0 Å². The fraction of sp³-hybridized carbons (Fsp3) is 0.517. The first-order chi connectivity index (χ1) is 17.5. The summed E-state index contributed by atoms with van der Waals surface area (Å²) in [6, 6.07) is 13.8. The van der Waals surface area contributed by atoms with E-state index in [0.29, 0.717) is 31.8 Å². The van der Waals surface area contributed by atoms with Crippen LogP contribution in [0.4, 0.5) is 11.4 Å². The molecule has 2 aromatic rings. The lowest BCUT2D eigenvalue weighted by Crippen LogP contribution is -2.37. The van der Waals surface area contributed by atoms with Gasteiger partial charge in [0.15, 0.2) is 0 Å². The van der Waals surface area contributed by atoms with E-state index in [2.05, 4.69) is 16.8 Å². The molecule has 0 aliphatic carbocycles. The molecule has 2 heterocycles. The van der Waals surface area contributed by atoms with Gasteiger partial charge in [-0.15, -0.1) is 0 Å². The first-order valence-corrected chi connectivity index (χ1v) is 13.3. The van der Waals surface area contributed by atoms with Crippen LogP contribution >= 0.6 is 0 Å². The molecule has 36 heavy (non-hydrogen) atoms. The number of amides is 2. The molecule has 0 radical (unpaired) electrons.